The second-order valence-electron chi connectivity index (χ2n) is 4.32. The molecule has 19 heavy (non-hydrogen) atoms. The molecule has 1 aromatic heterocycles. The lowest BCUT2D eigenvalue weighted by atomic mass is 10.2. The van der Waals surface area contributed by atoms with Gasteiger partial charge in [0, 0.05) is 21.0 Å². The zero-order chi connectivity index (χ0) is 14.0. The number of nitrogens with zero attached hydrogens (tertiary/aromatic N) is 1. The quantitative estimate of drug-likeness (QED) is 0.906. The maximum absolute atomic E-state index is 5.28. The van der Waals surface area contributed by atoms with Gasteiger partial charge in [-0.2, -0.15) is 0 Å². The van der Waals surface area contributed by atoms with Gasteiger partial charge in [-0.05, 0) is 39.1 Å². The molecule has 0 spiro atoms. The molecular weight excluding hydrogens is 324 g/mol. The molecule has 2 aromatic rings. The molecule has 1 unspecified atom stereocenters. The molecule has 1 aromatic carbocycles. The van der Waals surface area contributed by atoms with E-state index in [9.17, 15) is 0 Å². The molecule has 102 valence electrons. The number of hydrogen-bond acceptors (Lipinski definition) is 4. The maximum Gasteiger partial charge on any atom is 0.125 e. The van der Waals surface area contributed by atoms with Crippen LogP contribution in [0.4, 0.5) is 0 Å². The second-order valence-corrected chi connectivity index (χ2v) is 6.21. The van der Waals surface area contributed by atoms with E-state index in [1.807, 2.05) is 25.2 Å². The lowest BCUT2D eigenvalue weighted by Crippen LogP contribution is -2.11. The minimum atomic E-state index is 0.315. The van der Waals surface area contributed by atoms with Crippen LogP contribution in [-0.2, 0) is 0 Å². The van der Waals surface area contributed by atoms with E-state index >= 15 is 0 Å². The molecule has 0 amide bonds. The van der Waals surface area contributed by atoms with Crippen molar-refractivity contribution in [3.63, 3.8) is 0 Å². The standard InChI is InChI=1S/C14H17BrN2OS/c1-8(16-3)13-9(2)17-14(19-13)11-7-10(18-4)5-6-12(11)15/h5-8,16H,1-4H3. The highest BCUT2D eigenvalue weighted by Crippen LogP contribution is 2.37. The fraction of sp³-hybridized carbons (Fsp3) is 0.357. The van der Waals surface area contributed by atoms with Crippen LogP contribution in [0.2, 0.25) is 0 Å². The Morgan fingerprint density at radius 2 is 2.16 bits per heavy atom. The van der Waals surface area contributed by atoms with Crippen molar-refractivity contribution in [1.29, 1.82) is 0 Å². The summed E-state index contributed by atoms with van der Waals surface area (Å²) in [6.45, 7) is 4.20. The van der Waals surface area contributed by atoms with Gasteiger partial charge in [0.25, 0.3) is 0 Å². The van der Waals surface area contributed by atoms with Crippen LogP contribution in [0.5, 0.6) is 5.75 Å². The van der Waals surface area contributed by atoms with Crippen molar-refractivity contribution in [3.05, 3.63) is 33.2 Å². The highest BCUT2D eigenvalue weighted by atomic mass is 79.9. The predicted molar refractivity (Wildman–Crippen MR) is 84.0 cm³/mol. The SMILES string of the molecule is CNC(C)c1sc(-c2cc(OC)ccc2Br)nc1C. The van der Waals surface area contributed by atoms with Crippen molar-refractivity contribution in [2.24, 2.45) is 0 Å². The van der Waals surface area contributed by atoms with Gasteiger partial charge in [-0.15, -0.1) is 11.3 Å². The molecule has 0 bridgehead atoms. The van der Waals surface area contributed by atoms with E-state index in [-0.39, 0.29) is 0 Å². The predicted octanol–water partition coefficient (Wildman–Crippen LogP) is 4.17. The van der Waals surface area contributed by atoms with Crippen molar-refractivity contribution in [2.75, 3.05) is 14.2 Å². The Morgan fingerprint density at radius 1 is 1.42 bits per heavy atom. The Hall–Kier alpha value is -0.910. The Labute approximate surface area is 126 Å². The van der Waals surface area contributed by atoms with Gasteiger partial charge >= 0.3 is 0 Å². The van der Waals surface area contributed by atoms with Gasteiger partial charge in [0.2, 0.25) is 0 Å². The molecule has 0 fully saturated rings. The van der Waals surface area contributed by atoms with Gasteiger partial charge in [-0.25, -0.2) is 4.98 Å². The summed E-state index contributed by atoms with van der Waals surface area (Å²) >= 11 is 5.30. The summed E-state index contributed by atoms with van der Waals surface area (Å²) in [5.74, 6) is 0.842. The first-order valence-corrected chi connectivity index (χ1v) is 7.66. The summed E-state index contributed by atoms with van der Waals surface area (Å²) < 4.78 is 6.31. The lowest BCUT2D eigenvalue weighted by molar-refractivity contribution is 0.415. The van der Waals surface area contributed by atoms with Crippen LogP contribution in [0.25, 0.3) is 10.6 Å². The zero-order valence-electron chi connectivity index (χ0n) is 11.5. The largest absolute Gasteiger partial charge is 0.497 e. The average Bonchev–Trinajstić information content (AvgIpc) is 2.80. The molecule has 1 atom stereocenters. The van der Waals surface area contributed by atoms with Gasteiger partial charge in [0.15, 0.2) is 0 Å². The van der Waals surface area contributed by atoms with Gasteiger partial charge in [-0.1, -0.05) is 15.9 Å². The Balaban J connectivity index is 2.47. The number of aryl methyl sites for hydroxylation is 1. The number of ether oxygens (including phenoxy) is 1. The average molecular weight is 341 g/mol. The Kier molecular flexibility index (Phi) is 4.60. The third-order valence-electron chi connectivity index (χ3n) is 3.06. The number of hydrogen-bond donors (Lipinski definition) is 1. The number of methoxy groups -OCH3 is 1. The van der Waals surface area contributed by atoms with E-state index in [4.69, 9.17) is 4.74 Å². The normalized spacial score (nSPS) is 12.5. The molecule has 2 rings (SSSR count). The molecule has 0 aliphatic carbocycles. The maximum atomic E-state index is 5.28. The van der Waals surface area contributed by atoms with Crippen molar-refractivity contribution in [3.8, 4) is 16.3 Å². The van der Waals surface area contributed by atoms with Crippen LogP contribution in [0, 0.1) is 6.92 Å². The summed E-state index contributed by atoms with van der Waals surface area (Å²) in [7, 11) is 3.64. The molecule has 0 radical (unpaired) electrons. The molecule has 0 saturated heterocycles. The summed E-state index contributed by atoms with van der Waals surface area (Å²) in [5.41, 5.74) is 2.15. The third-order valence-corrected chi connectivity index (χ3v) is 5.13. The smallest absolute Gasteiger partial charge is 0.125 e. The van der Waals surface area contributed by atoms with E-state index in [0.717, 1.165) is 26.5 Å². The minimum absolute atomic E-state index is 0.315. The first-order valence-electron chi connectivity index (χ1n) is 6.05. The monoisotopic (exact) mass is 340 g/mol. The highest BCUT2D eigenvalue weighted by Gasteiger charge is 2.16. The topological polar surface area (TPSA) is 34.1 Å². The van der Waals surface area contributed by atoms with Crippen LogP contribution in [0.1, 0.15) is 23.5 Å². The van der Waals surface area contributed by atoms with Gasteiger partial charge in [0.1, 0.15) is 10.8 Å². The van der Waals surface area contributed by atoms with Gasteiger partial charge in [0.05, 0.1) is 12.8 Å². The molecule has 5 heteroatoms. The highest BCUT2D eigenvalue weighted by molar-refractivity contribution is 9.10. The van der Waals surface area contributed by atoms with Gasteiger partial charge < -0.3 is 10.1 Å². The minimum Gasteiger partial charge on any atom is -0.497 e. The van der Waals surface area contributed by atoms with E-state index < -0.39 is 0 Å². The number of benzene rings is 1. The molecule has 0 aliphatic rings. The fourth-order valence-corrected chi connectivity index (χ4v) is 3.57. The summed E-state index contributed by atoms with van der Waals surface area (Å²) in [6.07, 6.45) is 0. The first kappa shape index (κ1) is 14.5. The van der Waals surface area contributed by atoms with Crippen LogP contribution >= 0.6 is 27.3 Å². The second kappa shape index (κ2) is 6.03. The fourth-order valence-electron chi connectivity index (χ4n) is 1.85. The van der Waals surface area contributed by atoms with Crippen molar-refractivity contribution < 1.29 is 4.74 Å². The van der Waals surface area contributed by atoms with Crippen LogP contribution in [-0.4, -0.2) is 19.1 Å². The molecule has 1 heterocycles. The van der Waals surface area contributed by atoms with Crippen LogP contribution in [0.3, 0.4) is 0 Å². The van der Waals surface area contributed by atoms with Crippen molar-refractivity contribution in [1.82, 2.24) is 10.3 Å². The molecular formula is C14H17BrN2OS. The number of aromatic nitrogens is 1. The van der Waals surface area contributed by atoms with Crippen LogP contribution in [0.15, 0.2) is 22.7 Å². The summed E-state index contributed by atoms with van der Waals surface area (Å²) in [4.78, 5) is 5.95. The number of thiazole rings is 1. The van der Waals surface area contributed by atoms with Crippen molar-refractivity contribution in [2.45, 2.75) is 19.9 Å². The van der Waals surface area contributed by atoms with E-state index in [1.54, 1.807) is 18.4 Å². The van der Waals surface area contributed by atoms with E-state index in [1.165, 1.54) is 4.88 Å². The van der Waals surface area contributed by atoms with E-state index in [0.29, 0.717) is 6.04 Å². The summed E-state index contributed by atoms with van der Waals surface area (Å²) in [6, 6.07) is 6.25. The number of halogens is 1. The van der Waals surface area contributed by atoms with Crippen molar-refractivity contribution >= 4 is 27.3 Å². The first-order chi connectivity index (χ1) is 9.06. The van der Waals surface area contributed by atoms with E-state index in [2.05, 4.69) is 40.1 Å². The zero-order valence-corrected chi connectivity index (χ0v) is 13.9. The molecule has 1 N–H and O–H groups in total. The number of nitrogens with one attached hydrogen (secondary N) is 1. The van der Waals surface area contributed by atoms with Crippen LogP contribution < -0.4 is 10.1 Å². The molecule has 3 nitrogen and oxygen atoms in total. The molecule has 0 aliphatic heterocycles. The summed E-state index contributed by atoms with van der Waals surface area (Å²) in [5, 5.41) is 4.27. The van der Waals surface area contributed by atoms with Gasteiger partial charge in [-0.3, -0.25) is 0 Å². The Morgan fingerprint density at radius 3 is 2.79 bits per heavy atom. The Bertz CT molecular complexity index is 583. The third kappa shape index (κ3) is 2.99. The lowest BCUT2D eigenvalue weighted by Gasteiger charge is -2.07. The molecule has 0 saturated carbocycles. The number of rotatable bonds is 4.